The van der Waals surface area contributed by atoms with Gasteiger partial charge in [0.25, 0.3) is 10.1 Å². The number of rotatable bonds is 1. The monoisotopic (exact) mass is 366 g/mol. The highest BCUT2D eigenvalue weighted by molar-refractivity contribution is 7.91. The average Bonchev–Trinajstić information content (AvgIpc) is 2.49. The lowest BCUT2D eigenvalue weighted by Gasteiger charge is -2.26. The van der Waals surface area contributed by atoms with Gasteiger partial charge in [0.1, 0.15) is 6.10 Å². The van der Waals surface area contributed by atoms with E-state index in [1.165, 1.54) is 0 Å². The van der Waals surface area contributed by atoms with E-state index in [4.69, 9.17) is 17.0 Å². The van der Waals surface area contributed by atoms with Crippen LogP contribution in [0.4, 0.5) is 0 Å². The predicted octanol–water partition coefficient (Wildman–Crippen LogP) is 0.598. The molecule has 4 unspecified atom stereocenters. The van der Waals surface area contributed by atoms with Crippen molar-refractivity contribution in [3.8, 4) is 36.5 Å². The van der Waals surface area contributed by atoms with E-state index < -0.39 is 32.0 Å². The molecule has 0 aromatic heterocycles. The van der Waals surface area contributed by atoms with E-state index in [1.54, 1.807) is 0 Å². The fourth-order valence-corrected chi connectivity index (χ4v) is 6.04. The van der Waals surface area contributed by atoms with Gasteiger partial charge in [0.15, 0.2) is 9.84 Å². The molecule has 128 valence electrons. The van der Waals surface area contributed by atoms with Gasteiger partial charge in [-0.2, -0.15) is 8.42 Å². The summed E-state index contributed by atoms with van der Waals surface area (Å²) in [5, 5.41) is 0. The molecule has 0 aromatic carbocycles. The Bertz CT molecular complexity index is 872. The van der Waals surface area contributed by atoms with E-state index in [1.807, 2.05) is 0 Å². The molecule has 2 fully saturated rings. The normalized spacial score (nSPS) is 33.9. The lowest BCUT2D eigenvalue weighted by atomic mass is 9.91. The van der Waals surface area contributed by atoms with Crippen molar-refractivity contribution < 1.29 is 21.0 Å². The largest absolute Gasteiger partial charge is 0.269 e. The Balaban J connectivity index is 2.11. The molecule has 0 N–H and O–H groups in total. The van der Waals surface area contributed by atoms with Gasteiger partial charge in [-0.15, -0.1) is 24.7 Å². The SMILES string of the molecule is C#CC1CC(C(=C)C#CC2CC(C#C)CS(=O)(=O)O2)CS(=O)(=O)C1. The summed E-state index contributed by atoms with van der Waals surface area (Å²) in [6.07, 6.45) is 10.6. The first-order valence-electron chi connectivity index (χ1n) is 7.38. The van der Waals surface area contributed by atoms with E-state index in [2.05, 4.69) is 30.3 Å². The van der Waals surface area contributed by atoms with Gasteiger partial charge in [0.05, 0.1) is 17.3 Å². The second kappa shape index (κ2) is 7.03. The Morgan fingerprint density at radius 1 is 1.00 bits per heavy atom. The number of sulfone groups is 1. The Morgan fingerprint density at radius 3 is 2.25 bits per heavy atom. The van der Waals surface area contributed by atoms with Crippen LogP contribution in [0.2, 0.25) is 0 Å². The van der Waals surface area contributed by atoms with Crippen LogP contribution in [0.3, 0.4) is 0 Å². The van der Waals surface area contributed by atoms with Gasteiger partial charge in [-0.3, -0.25) is 4.18 Å². The summed E-state index contributed by atoms with van der Waals surface area (Å²) in [5.41, 5.74) is 0.419. The minimum atomic E-state index is -3.69. The maximum absolute atomic E-state index is 11.9. The molecular weight excluding hydrogens is 348 g/mol. The van der Waals surface area contributed by atoms with Crippen molar-refractivity contribution in [3.63, 3.8) is 0 Å². The summed E-state index contributed by atoms with van der Waals surface area (Å²) in [7, 11) is -6.93. The molecule has 0 spiro atoms. The Labute approximate surface area is 143 Å². The minimum Gasteiger partial charge on any atom is -0.254 e. The van der Waals surface area contributed by atoms with Gasteiger partial charge in [-0.05, 0) is 12.0 Å². The Hall–Kier alpha value is -1.72. The maximum atomic E-state index is 11.9. The van der Waals surface area contributed by atoms with Crippen LogP contribution < -0.4 is 0 Å². The second-order valence-electron chi connectivity index (χ2n) is 6.08. The molecule has 0 aromatic rings. The average molecular weight is 366 g/mol. The molecule has 0 radical (unpaired) electrons. The van der Waals surface area contributed by atoms with Crippen LogP contribution in [0, 0.1) is 54.3 Å². The fraction of sp³-hybridized carbons (Fsp3) is 0.529. The quantitative estimate of drug-likeness (QED) is 0.502. The first-order chi connectivity index (χ1) is 11.1. The third-order valence-corrected chi connectivity index (χ3v) is 7.16. The van der Waals surface area contributed by atoms with Crippen molar-refractivity contribution in [2.45, 2.75) is 18.9 Å². The third-order valence-electron chi connectivity index (χ3n) is 4.00. The van der Waals surface area contributed by atoms with Crippen molar-refractivity contribution in [3.05, 3.63) is 12.2 Å². The molecule has 2 aliphatic heterocycles. The fourth-order valence-electron chi connectivity index (χ4n) is 2.82. The van der Waals surface area contributed by atoms with Gasteiger partial charge in [0, 0.05) is 24.2 Å². The highest BCUT2D eigenvalue weighted by atomic mass is 32.2. The van der Waals surface area contributed by atoms with E-state index in [0.29, 0.717) is 18.4 Å². The summed E-state index contributed by atoms with van der Waals surface area (Å²) in [4.78, 5) is 0. The molecule has 2 rings (SSSR count). The van der Waals surface area contributed by atoms with Crippen LogP contribution >= 0.6 is 0 Å². The molecule has 2 saturated heterocycles. The summed E-state index contributed by atoms with van der Waals surface area (Å²) >= 11 is 0. The molecule has 0 amide bonds. The third kappa shape index (κ3) is 4.89. The lowest BCUT2D eigenvalue weighted by molar-refractivity contribution is 0.220. The summed E-state index contributed by atoms with van der Waals surface area (Å²) in [6, 6.07) is 0. The van der Waals surface area contributed by atoms with Crippen LogP contribution in [-0.4, -0.2) is 40.2 Å². The summed E-state index contributed by atoms with van der Waals surface area (Å²) < 4.78 is 52.0. The number of allylic oxidation sites excluding steroid dienone is 1. The molecule has 0 saturated carbocycles. The zero-order valence-electron chi connectivity index (χ0n) is 13.1. The molecular formula is C17H18O5S2. The van der Waals surface area contributed by atoms with E-state index >= 15 is 0 Å². The number of terminal acetylenes is 2. The number of hydrogen-bond acceptors (Lipinski definition) is 5. The van der Waals surface area contributed by atoms with Gasteiger partial charge < -0.3 is 0 Å². The topological polar surface area (TPSA) is 77.5 Å². The first kappa shape index (κ1) is 18.6. The first-order valence-corrected chi connectivity index (χ1v) is 10.8. The van der Waals surface area contributed by atoms with Crippen LogP contribution in [0.25, 0.3) is 0 Å². The van der Waals surface area contributed by atoms with Gasteiger partial charge in [-0.1, -0.05) is 18.4 Å². The van der Waals surface area contributed by atoms with E-state index in [9.17, 15) is 16.8 Å². The highest BCUT2D eigenvalue weighted by Gasteiger charge is 2.33. The molecule has 5 nitrogen and oxygen atoms in total. The zero-order valence-corrected chi connectivity index (χ0v) is 14.7. The van der Waals surface area contributed by atoms with Crippen LogP contribution in [0.5, 0.6) is 0 Å². The van der Waals surface area contributed by atoms with Gasteiger partial charge >= 0.3 is 0 Å². The predicted molar refractivity (Wildman–Crippen MR) is 91.6 cm³/mol. The van der Waals surface area contributed by atoms with Crippen LogP contribution in [0.1, 0.15) is 12.8 Å². The standard InChI is InChI=1S/C17H18O5S2/c1-4-14-8-16(12-23(18,19)10-14)13(3)6-7-17-9-15(5-2)11-24(20,21)22-17/h1-2,14-17H,3,8-12H2. The molecule has 0 aliphatic carbocycles. The van der Waals surface area contributed by atoms with Crippen molar-refractivity contribution in [2.75, 3.05) is 17.3 Å². The van der Waals surface area contributed by atoms with Crippen molar-refractivity contribution >= 4 is 20.0 Å². The maximum Gasteiger partial charge on any atom is 0.269 e. The van der Waals surface area contributed by atoms with Crippen molar-refractivity contribution in [2.24, 2.45) is 17.8 Å². The smallest absolute Gasteiger partial charge is 0.254 e. The van der Waals surface area contributed by atoms with Crippen LogP contribution in [0.15, 0.2) is 12.2 Å². The second-order valence-corrected chi connectivity index (χ2v) is 9.87. The summed E-state index contributed by atoms with van der Waals surface area (Å²) in [6.45, 7) is 3.82. The molecule has 0 bridgehead atoms. The van der Waals surface area contributed by atoms with Gasteiger partial charge in [-0.25, -0.2) is 8.42 Å². The molecule has 24 heavy (non-hydrogen) atoms. The number of hydrogen-bond donors (Lipinski definition) is 0. The minimum absolute atomic E-state index is 0.0193. The molecule has 4 atom stereocenters. The van der Waals surface area contributed by atoms with Gasteiger partial charge in [0.2, 0.25) is 0 Å². The van der Waals surface area contributed by atoms with E-state index in [0.717, 1.165) is 0 Å². The Kier molecular flexibility index (Phi) is 5.45. The molecule has 7 heteroatoms. The van der Waals surface area contributed by atoms with Crippen LogP contribution in [-0.2, 0) is 24.1 Å². The van der Waals surface area contributed by atoms with E-state index in [-0.39, 0.29) is 29.1 Å². The molecule has 2 aliphatic rings. The lowest BCUT2D eigenvalue weighted by Crippen LogP contribution is -2.32. The summed E-state index contributed by atoms with van der Waals surface area (Å²) in [5.74, 6) is 8.91. The molecule has 2 heterocycles. The Morgan fingerprint density at radius 2 is 1.62 bits per heavy atom. The highest BCUT2D eigenvalue weighted by Crippen LogP contribution is 2.28. The van der Waals surface area contributed by atoms with Crippen molar-refractivity contribution in [1.29, 1.82) is 0 Å². The zero-order chi connectivity index (χ0) is 18.0. The van der Waals surface area contributed by atoms with Crippen molar-refractivity contribution in [1.82, 2.24) is 0 Å².